The van der Waals surface area contributed by atoms with Crippen molar-refractivity contribution in [1.82, 2.24) is 14.5 Å². The molecule has 1 atom stereocenters. The third-order valence-electron chi connectivity index (χ3n) is 5.69. The van der Waals surface area contributed by atoms with Gasteiger partial charge >= 0.3 is 0 Å². The van der Waals surface area contributed by atoms with Gasteiger partial charge in [-0.15, -0.1) is 0 Å². The van der Waals surface area contributed by atoms with Crippen LogP contribution in [-0.2, 0) is 19.9 Å². The monoisotopic (exact) mass is 408 g/mol. The molecule has 30 heavy (non-hydrogen) atoms. The topological polar surface area (TPSA) is 78.3 Å². The highest BCUT2D eigenvalue weighted by Gasteiger charge is 2.38. The Hall–Kier alpha value is -2.77. The fourth-order valence-electron chi connectivity index (χ4n) is 4.06. The van der Waals surface area contributed by atoms with Gasteiger partial charge in [-0.2, -0.15) is 0 Å². The molecule has 7 nitrogen and oxygen atoms in total. The van der Waals surface area contributed by atoms with Gasteiger partial charge < -0.3 is 19.4 Å². The molecule has 1 aliphatic heterocycles. The van der Waals surface area contributed by atoms with E-state index in [4.69, 9.17) is 14.5 Å². The fourth-order valence-corrected chi connectivity index (χ4v) is 4.06. The molecule has 1 saturated heterocycles. The molecule has 1 N–H and O–H groups in total. The zero-order chi connectivity index (χ0) is 21.5. The molecule has 4 heterocycles. The van der Waals surface area contributed by atoms with Gasteiger partial charge in [-0.3, -0.25) is 4.79 Å². The highest BCUT2D eigenvalue weighted by molar-refractivity contribution is 5.92. The van der Waals surface area contributed by atoms with Gasteiger partial charge in [0.25, 0.3) is 0 Å². The lowest BCUT2D eigenvalue weighted by Gasteiger charge is -2.26. The molecule has 0 radical (unpaired) electrons. The number of pyridine rings is 2. The highest BCUT2D eigenvalue weighted by Crippen LogP contribution is 2.35. The van der Waals surface area contributed by atoms with Crippen LogP contribution in [0.4, 0.5) is 5.82 Å². The zero-order valence-electron chi connectivity index (χ0n) is 18.2. The standard InChI is InChI=1S/C23H28N4O3/c1-14(2)18-12-27(19-10-21(25-16(4)28)24-11-17(18)19)22-9-15(3)8-20(26-22)23(29-5)6-7-30-13-23/h8-12,14H,6-7,13H2,1-5H3,(H,24,25,28). The van der Waals surface area contributed by atoms with E-state index in [-0.39, 0.29) is 5.91 Å². The minimum Gasteiger partial charge on any atom is -0.378 e. The number of hydrogen-bond donors (Lipinski definition) is 1. The van der Waals surface area contributed by atoms with Gasteiger partial charge in [-0.05, 0) is 36.1 Å². The number of hydrogen-bond acceptors (Lipinski definition) is 5. The predicted molar refractivity (Wildman–Crippen MR) is 116 cm³/mol. The number of carbonyl (C=O) groups is 1. The van der Waals surface area contributed by atoms with Crippen molar-refractivity contribution in [3.05, 3.63) is 47.4 Å². The second kappa shape index (κ2) is 7.81. The minimum absolute atomic E-state index is 0.150. The maximum absolute atomic E-state index is 11.5. The van der Waals surface area contributed by atoms with Crippen molar-refractivity contribution in [1.29, 1.82) is 0 Å². The first-order chi connectivity index (χ1) is 14.3. The van der Waals surface area contributed by atoms with E-state index in [0.29, 0.717) is 24.9 Å². The Kier molecular flexibility index (Phi) is 5.34. The van der Waals surface area contributed by atoms with E-state index in [1.807, 2.05) is 12.3 Å². The third kappa shape index (κ3) is 3.59. The van der Waals surface area contributed by atoms with Crippen molar-refractivity contribution in [3.8, 4) is 5.82 Å². The molecule has 1 unspecified atom stereocenters. The molecule has 3 aromatic heterocycles. The van der Waals surface area contributed by atoms with Crippen molar-refractivity contribution in [3.63, 3.8) is 0 Å². The lowest BCUT2D eigenvalue weighted by molar-refractivity contribution is -0.114. The summed E-state index contributed by atoms with van der Waals surface area (Å²) in [4.78, 5) is 20.9. The van der Waals surface area contributed by atoms with Crippen LogP contribution in [0.5, 0.6) is 0 Å². The van der Waals surface area contributed by atoms with Gasteiger partial charge in [0, 0.05) is 50.9 Å². The van der Waals surface area contributed by atoms with E-state index >= 15 is 0 Å². The second-order valence-corrected chi connectivity index (χ2v) is 8.27. The fraction of sp³-hybridized carbons (Fsp3) is 0.435. The molecule has 0 spiro atoms. The van der Waals surface area contributed by atoms with Gasteiger partial charge in [-0.25, -0.2) is 9.97 Å². The Balaban J connectivity index is 1.91. The molecule has 1 aliphatic rings. The number of nitrogens with one attached hydrogen (secondary N) is 1. The van der Waals surface area contributed by atoms with Crippen LogP contribution in [0.15, 0.2) is 30.6 Å². The summed E-state index contributed by atoms with van der Waals surface area (Å²) in [6.07, 6.45) is 4.72. The van der Waals surface area contributed by atoms with Crippen LogP contribution in [0.25, 0.3) is 16.7 Å². The summed E-state index contributed by atoms with van der Waals surface area (Å²) in [6.45, 7) is 9.02. The summed E-state index contributed by atoms with van der Waals surface area (Å²) < 4.78 is 13.6. The van der Waals surface area contributed by atoms with E-state index < -0.39 is 5.60 Å². The predicted octanol–water partition coefficient (Wildman–Crippen LogP) is 4.07. The van der Waals surface area contributed by atoms with Crippen molar-refractivity contribution < 1.29 is 14.3 Å². The van der Waals surface area contributed by atoms with Gasteiger partial charge in [0.15, 0.2) is 0 Å². The Morgan fingerprint density at radius 2 is 2.13 bits per heavy atom. The van der Waals surface area contributed by atoms with Crippen LogP contribution < -0.4 is 5.32 Å². The van der Waals surface area contributed by atoms with Gasteiger partial charge in [-0.1, -0.05) is 13.8 Å². The number of nitrogens with zero attached hydrogens (tertiary/aromatic N) is 3. The van der Waals surface area contributed by atoms with Crippen LogP contribution in [0.2, 0.25) is 0 Å². The molecular formula is C23H28N4O3. The number of methoxy groups -OCH3 is 1. The Bertz CT molecular complexity index is 1100. The van der Waals surface area contributed by atoms with Crippen molar-refractivity contribution in [2.45, 2.75) is 45.6 Å². The smallest absolute Gasteiger partial charge is 0.222 e. The number of anilines is 1. The van der Waals surface area contributed by atoms with E-state index in [9.17, 15) is 4.79 Å². The summed E-state index contributed by atoms with van der Waals surface area (Å²) in [7, 11) is 1.71. The first-order valence-electron chi connectivity index (χ1n) is 10.2. The molecule has 0 saturated carbocycles. The minimum atomic E-state index is -0.520. The van der Waals surface area contributed by atoms with E-state index in [1.165, 1.54) is 12.5 Å². The summed E-state index contributed by atoms with van der Waals surface area (Å²) in [6, 6.07) is 6.03. The van der Waals surface area contributed by atoms with Crippen LogP contribution in [-0.4, -0.2) is 40.8 Å². The number of fused-ring (bicyclic) bond motifs is 1. The molecule has 0 aliphatic carbocycles. The number of carbonyl (C=O) groups excluding carboxylic acids is 1. The molecule has 0 aromatic carbocycles. The molecule has 7 heteroatoms. The summed E-state index contributed by atoms with van der Waals surface area (Å²) in [5.74, 6) is 1.50. The van der Waals surface area contributed by atoms with Crippen molar-refractivity contribution in [2.24, 2.45) is 0 Å². The summed E-state index contributed by atoms with van der Waals surface area (Å²) >= 11 is 0. The van der Waals surface area contributed by atoms with Gasteiger partial charge in [0.1, 0.15) is 17.2 Å². The SMILES string of the molecule is COC1(c2cc(C)cc(-n3cc(C(C)C)c4cnc(NC(C)=O)cc43)n2)CCOC1. The zero-order valence-corrected chi connectivity index (χ0v) is 18.2. The molecule has 3 aromatic rings. The maximum atomic E-state index is 11.5. The van der Waals surface area contributed by atoms with Crippen molar-refractivity contribution >= 4 is 22.6 Å². The normalized spacial score (nSPS) is 19.0. The van der Waals surface area contributed by atoms with Gasteiger partial charge in [0.05, 0.1) is 17.8 Å². The summed E-state index contributed by atoms with van der Waals surface area (Å²) in [5, 5.41) is 3.83. The van der Waals surface area contributed by atoms with Crippen LogP contribution in [0, 0.1) is 6.92 Å². The highest BCUT2D eigenvalue weighted by atomic mass is 16.5. The first-order valence-corrected chi connectivity index (χ1v) is 10.2. The summed E-state index contributed by atoms with van der Waals surface area (Å²) in [5.41, 5.74) is 3.59. The average Bonchev–Trinajstić information content (AvgIpc) is 3.32. The van der Waals surface area contributed by atoms with Crippen LogP contribution >= 0.6 is 0 Å². The molecular weight excluding hydrogens is 380 g/mol. The largest absolute Gasteiger partial charge is 0.378 e. The molecule has 158 valence electrons. The molecule has 1 amide bonds. The van der Waals surface area contributed by atoms with Crippen LogP contribution in [0.1, 0.15) is 49.9 Å². The number of amides is 1. The number of aryl methyl sites for hydroxylation is 1. The lowest BCUT2D eigenvalue weighted by atomic mass is 9.97. The van der Waals surface area contributed by atoms with E-state index in [2.05, 4.69) is 54.0 Å². The van der Waals surface area contributed by atoms with Gasteiger partial charge in [0.2, 0.25) is 5.91 Å². The second-order valence-electron chi connectivity index (χ2n) is 8.27. The Morgan fingerprint density at radius 1 is 1.33 bits per heavy atom. The molecule has 1 fully saturated rings. The first kappa shape index (κ1) is 20.5. The molecule has 0 bridgehead atoms. The van der Waals surface area contributed by atoms with E-state index in [0.717, 1.165) is 34.4 Å². The average molecular weight is 409 g/mol. The Morgan fingerprint density at radius 3 is 2.77 bits per heavy atom. The number of rotatable bonds is 5. The Labute approximate surface area is 176 Å². The van der Waals surface area contributed by atoms with E-state index in [1.54, 1.807) is 7.11 Å². The lowest BCUT2D eigenvalue weighted by Crippen LogP contribution is -2.30. The quantitative estimate of drug-likeness (QED) is 0.688. The maximum Gasteiger partial charge on any atom is 0.222 e. The van der Waals surface area contributed by atoms with Crippen molar-refractivity contribution in [2.75, 3.05) is 25.6 Å². The molecule has 4 rings (SSSR count). The number of ether oxygens (including phenoxy) is 2. The van der Waals surface area contributed by atoms with Crippen LogP contribution in [0.3, 0.4) is 0 Å². The third-order valence-corrected chi connectivity index (χ3v) is 5.69. The number of aromatic nitrogens is 3.